The van der Waals surface area contributed by atoms with Gasteiger partial charge in [0.1, 0.15) is 5.82 Å². The molecule has 1 aliphatic heterocycles. The summed E-state index contributed by atoms with van der Waals surface area (Å²) in [7, 11) is 2.09. The maximum atomic E-state index is 13.2. The van der Waals surface area contributed by atoms with Gasteiger partial charge in [0.2, 0.25) is 0 Å². The lowest BCUT2D eigenvalue weighted by Gasteiger charge is -2.42. The van der Waals surface area contributed by atoms with Crippen molar-refractivity contribution in [1.82, 2.24) is 0 Å². The van der Waals surface area contributed by atoms with Gasteiger partial charge in [-0.2, -0.15) is 0 Å². The van der Waals surface area contributed by atoms with E-state index < -0.39 is 0 Å². The molecular formula is C13H17FN2. The van der Waals surface area contributed by atoms with Crippen LogP contribution in [0, 0.1) is 5.82 Å². The van der Waals surface area contributed by atoms with Gasteiger partial charge in [-0.1, -0.05) is 12.8 Å². The highest BCUT2D eigenvalue weighted by Gasteiger charge is 2.38. The zero-order chi connectivity index (χ0) is 11.2. The van der Waals surface area contributed by atoms with Gasteiger partial charge < -0.3 is 10.2 Å². The first kappa shape index (κ1) is 9.94. The molecule has 0 bridgehead atoms. The van der Waals surface area contributed by atoms with Crippen molar-refractivity contribution in [2.24, 2.45) is 0 Å². The van der Waals surface area contributed by atoms with Crippen LogP contribution in [0.1, 0.15) is 25.7 Å². The van der Waals surface area contributed by atoms with Crippen molar-refractivity contribution >= 4 is 11.4 Å². The van der Waals surface area contributed by atoms with Crippen LogP contribution in [0.15, 0.2) is 18.2 Å². The Morgan fingerprint density at radius 1 is 1.31 bits per heavy atom. The van der Waals surface area contributed by atoms with Crippen LogP contribution in [0.4, 0.5) is 15.8 Å². The predicted octanol–water partition coefficient (Wildman–Crippen LogP) is 3.00. The third-order valence-corrected chi connectivity index (χ3v) is 3.87. The number of rotatable bonds is 0. The summed E-state index contributed by atoms with van der Waals surface area (Å²) < 4.78 is 13.2. The minimum Gasteiger partial charge on any atom is -0.376 e. The molecule has 1 saturated carbocycles. The van der Waals surface area contributed by atoms with Gasteiger partial charge >= 0.3 is 0 Å². The Morgan fingerprint density at radius 3 is 2.81 bits per heavy atom. The van der Waals surface area contributed by atoms with Gasteiger partial charge in [-0.25, -0.2) is 4.39 Å². The lowest BCUT2D eigenvalue weighted by atomic mass is 9.93. The summed E-state index contributed by atoms with van der Waals surface area (Å²) in [4.78, 5) is 2.25. The van der Waals surface area contributed by atoms with E-state index in [1.54, 1.807) is 6.07 Å². The molecule has 0 unspecified atom stereocenters. The Morgan fingerprint density at radius 2 is 2.06 bits per heavy atom. The number of nitrogens with one attached hydrogen (secondary N) is 1. The van der Waals surface area contributed by atoms with Crippen molar-refractivity contribution in [2.75, 3.05) is 23.8 Å². The highest BCUT2D eigenvalue weighted by molar-refractivity contribution is 5.73. The van der Waals surface area contributed by atoms with Crippen molar-refractivity contribution in [3.63, 3.8) is 0 Å². The maximum Gasteiger partial charge on any atom is 0.125 e. The quantitative estimate of drug-likeness (QED) is 0.723. The number of benzene rings is 1. The molecule has 1 fully saturated rings. The van der Waals surface area contributed by atoms with E-state index in [9.17, 15) is 4.39 Å². The van der Waals surface area contributed by atoms with E-state index in [2.05, 4.69) is 17.3 Å². The molecule has 1 spiro atoms. The minimum absolute atomic E-state index is 0.158. The molecule has 1 N–H and O–H groups in total. The molecule has 1 aliphatic carbocycles. The molecule has 3 heteroatoms. The van der Waals surface area contributed by atoms with Crippen LogP contribution in [-0.4, -0.2) is 19.1 Å². The van der Waals surface area contributed by atoms with Gasteiger partial charge in [0.25, 0.3) is 0 Å². The maximum absolute atomic E-state index is 13.2. The van der Waals surface area contributed by atoms with E-state index >= 15 is 0 Å². The van der Waals surface area contributed by atoms with Crippen molar-refractivity contribution < 1.29 is 4.39 Å². The fourth-order valence-corrected chi connectivity index (χ4v) is 3.14. The van der Waals surface area contributed by atoms with E-state index in [0.29, 0.717) is 0 Å². The Kier molecular flexibility index (Phi) is 2.09. The Labute approximate surface area is 95.4 Å². The third-order valence-electron chi connectivity index (χ3n) is 3.87. The van der Waals surface area contributed by atoms with Gasteiger partial charge in [-0.05, 0) is 31.0 Å². The minimum atomic E-state index is -0.158. The number of hydrogen-bond acceptors (Lipinski definition) is 2. The number of anilines is 2. The van der Waals surface area contributed by atoms with Gasteiger partial charge in [-0.15, -0.1) is 0 Å². The zero-order valence-electron chi connectivity index (χ0n) is 9.59. The standard InChI is InChI=1S/C13H17FN2/c1-16-9-13(6-2-3-7-13)15-11-8-10(14)4-5-12(11)16/h4-5,8,15H,2-3,6-7,9H2,1H3. The van der Waals surface area contributed by atoms with Gasteiger partial charge in [-0.3, -0.25) is 0 Å². The average Bonchev–Trinajstić information content (AvgIpc) is 2.65. The summed E-state index contributed by atoms with van der Waals surface area (Å²) in [5.41, 5.74) is 2.25. The van der Waals surface area contributed by atoms with E-state index in [1.807, 2.05) is 6.07 Å². The molecule has 0 saturated heterocycles. The fourth-order valence-electron chi connectivity index (χ4n) is 3.14. The Balaban J connectivity index is 2.00. The van der Waals surface area contributed by atoms with E-state index in [1.165, 1.54) is 31.7 Å². The second kappa shape index (κ2) is 3.37. The number of fused-ring (bicyclic) bond motifs is 1. The number of halogens is 1. The normalized spacial score (nSPS) is 22.0. The first-order chi connectivity index (χ1) is 7.69. The van der Waals surface area contributed by atoms with Crippen LogP contribution in [0.25, 0.3) is 0 Å². The van der Waals surface area contributed by atoms with Crippen LogP contribution >= 0.6 is 0 Å². The van der Waals surface area contributed by atoms with E-state index in [0.717, 1.165) is 17.9 Å². The second-order valence-corrected chi connectivity index (χ2v) is 5.13. The van der Waals surface area contributed by atoms with Crippen LogP contribution in [0.2, 0.25) is 0 Å². The molecule has 3 rings (SSSR count). The molecule has 0 radical (unpaired) electrons. The summed E-state index contributed by atoms with van der Waals surface area (Å²) in [6.07, 6.45) is 4.97. The molecule has 0 amide bonds. The monoisotopic (exact) mass is 220 g/mol. The number of nitrogens with zero attached hydrogens (tertiary/aromatic N) is 1. The first-order valence-electron chi connectivity index (χ1n) is 5.97. The first-order valence-corrected chi connectivity index (χ1v) is 5.97. The SMILES string of the molecule is CN1CC2(CCCC2)Nc2cc(F)ccc21. The van der Waals surface area contributed by atoms with Crippen molar-refractivity contribution in [3.05, 3.63) is 24.0 Å². The predicted molar refractivity (Wildman–Crippen MR) is 64.5 cm³/mol. The summed E-state index contributed by atoms with van der Waals surface area (Å²) in [5, 5.41) is 3.56. The molecule has 1 heterocycles. The molecule has 0 aromatic heterocycles. The summed E-state index contributed by atoms with van der Waals surface area (Å²) in [6.45, 7) is 1.03. The summed E-state index contributed by atoms with van der Waals surface area (Å²) in [5.74, 6) is -0.158. The van der Waals surface area contributed by atoms with E-state index in [-0.39, 0.29) is 11.4 Å². The highest BCUT2D eigenvalue weighted by atomic mass is 19.1. The summed E-state index contributed by atoms with van der Waals surface area (Å²) >= 11 is 0. The molecule has 1 aromatic rings. The lowest BCUT2D eigenvalue weighted by Crippen LogP contribution is -2.49. The van der Waals surface area contributed by atoms with Gasteiger partial charge in [0.05, 0.1) is 16.9 Å². The second-order valence-electron chi connectivity index (χ2n) is 5.13. The van der Waals surface area contributed by atoms with Crippen LogP contribution in [-0.2, 0) is 0 Å². The smallest absolute Gasteiger partial charge is 0.125 e. The number of likely N-dealkylation sites (N-methyl/N-ethyl adjacent to an activating group) is 1. The lowest BCUT2D eigenvalue weighted by molar-refractivity contribution is 0.471. The van der Waals surface area contributed by atoms with Crippen LogP contribution < -0.4 is 10.2 Å². The third kappa shape index (κ3) is 1.46. The van der Waals surface area contributed by atoms with Crippen molar-refractivity contribution in [2.45, 2.75) is 31.2 Å². The van der Waals surface area contributed by atoms with Gasteiger partial charge in [0, 0.05) is 13.6 Å². The topological polar surface area (TPSA) is 15.3 Å². The number of hydrogen-bond donors (Lipinski definition) is 1. The largest absolute Gasteiger partial charge is 0.376 e. The molecule has 16 heavy (non-hydrogen) atoms. The molecule has 2 nitrogen and oxygen atoms in total. The van der Waals surface area contributed by atoms with Crippen LogP contribution in [0.3, 0.4) is 0 Å². The molecular weight excluding hydrogens is 203 g/mol. The molecule has 86 valence electrons. The molecule has 2 aliphatic rings. The fraction of sp³-hybridized carbons (Fsp3) is 0.538. The average molecular weight is 220 g/mol. The zero-order valence-corrected chi connectivity index (χ0v) is 9.59. The van der Waals surface area contributed by atoms with Crippen LogP contribution in [0.5, 0.6) is 0 Å². The van der Waals surface area contributed by atoms with Crippen molar-refractivity contribution in [3.8, 4) is 0 Å². The molecule has 0 atom stereocenters. The highest BCUT2D eigenvalue weighted by Crippen LogP contribution is 2.41. The van der Waals surface area contributed by atoms with Gasteiger partial charge in [0.15, 0.2) is 0 Å². The van der Waals surface area contributed by atoms with Crippen molar-refractivity contribution in [1.29, 1.82) is 0 Å². The molecule has 1 aromatic carbocycles. The summed E-state index contributed by atoms with van der Waals surface area (Å²) in [6, 6.07) is 5.01. The van der Waals surface area contributed by atoms with E-state index in [4.69, 9.17) is 0 Å². The Hall–Kier alpha value is -1.25. The Bertz CT molecular complexity index is 410.